The molecule has 0 atom stereocenters. The van der Waals surface area contributed by atoms with Gasteiger partial charge in [0.2, 0.25) is 0 Å². The normalized spacial score (nSPS) is 17.9. The molecule has 2 amide bonds. The number of nitrogens with one attached hydrogen (secondary N) is 2. The van der Waals surface area contributed by atoms with Gasteiger partial charge in [-0.3, -0.25) is 0 Å². The fourth-order valence-electron chi connectivity index (χ4n) is 2.02. The van der Waals surface area contributed by atoms with Crippen molar-refractivity contribution in [2.45, 2.75) is 45.7 Å². The van der Waals surface area contributed by atoms with Gasteiger partial charge in [-0.25, -0.2) is 4.79 Å². The first kappa shape index (κ1) is 12.3. The Bertz CT molecular complexity index is 200. The SMILES string of the molecule is CCN(C(=O)NC(C)C)C1CCNCC1. The van der Waals surface area contributed by atoms with E-state index in [0.717, 1.165) is 32.5 Å². The average Bonchev–Trinajstić information content (AvgIpc) is 2.19. The minimum atomic E-state index is 0.0828. The molecule has 1 heterocycles. The van der Waals surface area contributed by atoms with E-state index in [-0.39, 0.29) is 12.1 Å². The maximum atomic E-state index is 11.9. The van der Waals surface area contributed by atoms with Crippen LogP contribution in [0.2, 0.25) is 0 Å². The lowest BCUT2D eigenvalue weighted by molar-refractivity contribution is 0.161. The van der Waals surface area contributed by atoms with Crippen molar-refractivity contribution in [1.29, 1.82) is 0 Å². The molecule has 88 valence electrons. The van der Waals surface area contributed by atoms with Gasteiger partial charge in [0.15, 0.2) is 0 Å². The number of piperidine rings is 1. The number of amides is 2. The Morgan fingerprint density at radius 1 is 1.47 bits per heavy atom. The van der Waals surface area contributed by atoms with Crippen LogP contribution in [-0.4, -0.2) is 42.6 Å². The van der Waals surface area contributed by atoms with E-state index in [9.17, 15) is 4.79 Å². The van der Waals surface area contributed by atoms with Crippen molar-refractivity contribution in [1.82, 2.24) is 15.5 Å². The molecule has 1 aliphatic heterocycles. The third-order valence-electron chi connectivity index (χ3n) is 2.76. The molecule has 4 heteroatoms. The molecule has 0 saturated carbocycles. The maximum Gasteiger partial charge on any atom is 0.317 e. The molecule has 1 rings (SSSR count). The highest BCUT2D eigenvalue weighted by molar-refractivity contribution is 5.74. The second kappa shape index (κ2) is 5.95. The number of hydrogen-bond acceptors (Lipinski definition) is 2. The average molecular weight is 213 g/mol. The van der Waals surface area contributed by atoms with Gasteiger partial charge in [-0.05, 0) is 46.7 Å². The van der Waals surface area contributed by atoms with Crippen molar-refractivity contribution >= 4 is 6.03 Å². The first-order valence-electron chi connectivity index (χ1n) is 5.93. The van der Waals surface area contributed by atoms with Crippen molar-refractivity contribution in [2.75, 3.05) is 19.6 Å². The molecule has 0 aromatic carbocycles. The molecule has 0 aromatic heterocycles. The number of urea groups is 1. The van der Waals surface area contributed by atoms with Gasteiger partial charge in [0, 0.05) is 18.6 Å². The van der Waals surface area contributed by atoms with Crippen LogP contribution < -0.4 is 10.6 Å². The Balaban J connectivity index is 2.49. The first-order chi connectivity index (χ1) is 7.15. The van der Waals surface area contributed by atoms with E-state index in [4.69, 9.17) is 0 Å². The molecule has 4 nitrogen and oxygen atoms in total. The lowest BCUT2D eigenvalue weighted by Crippen LogP contribution is -2.51. The molecule has 0 spiro atoms. The second-order valence-corrected chi connectivity index (χ2v) is 4.37. The van der Waals surface area contributed by atoms with Crippen molar-refractivity contribution in [3.8, 4) is 0 Å². The van der Waals surface area contributed by atoms with Crippen LogP contribution in [0.15, 0.2) is 0 Å². The fraction of sp³-hybridized carbons (Fsp3) is 0.909. The summed E-state index contributed by atoms with van der Waals surface area (Å²) < 4.78 is 0. The summed E-state index contributed by atoms with van der Waals surface area (Å²) in [6.45, 7) is 8.87. The molecule has 0 bridgehead atoms. The zero-order valence-corrected chi connectivity index (χ0v) is 10.0. The third kappa shape index (κ3) is 3.70. The molecule has 1 saturated heterocycles. The monoisotopic (exact) mass is 213 g/mol. The summed E-state index contributed by atoms with van der Waals surface area (Å²) in [5, 5.41) is 6.27. The number of carbonyl (C=O) groups excluding carboxylic acids is 1. The summed E-state index contributed by atoms with van der Waals surface area (Å²) in [5.74, 6) is 0. The van der Waals surface area contributed by atoms with E-state index in [1.165, 1.54) is 0 Å². The van der Waals surface area contributed by atoms with Gasteiger partial charge < -0.3 is 15.5 Å². The number of hydrogen-bond donors (Lipinski definition) is 2. The molecule has 0 unspecified atom stereocenters. The topological polar surface area (TPSA) is 44.4 Å². The number of rotatable bonds is 3. The van der Waals surface area contributed by atoms with E-state index in [1.54, 1.807) is 0 Å². The molecule has 0 aromatic rings. The molecule has 15 heavy (non-hydrogen) atoms. The molecular weight excluding hydrogens is 190 g/mol. The lowest BCUT2D eigenvalue weighted by atomic mass is 10.1. The summed E-state index contributed by atoms with van der Waals surface area (Å²) in [5.41, 5.74) is 0. The van der Waals surface area contributed by atoms with Gasteiger partial charge in [0.05, 0.1) is 0 Å². The Morgan fingerprint density at radius 3 is 2.53 bits per heavy atom. The van der Waals surface area contributed by atoms with Crippen LogP contribution >= 0.6 is 0 Å². The second-order valence-electron chi connectivity index (χ2n) is 4.37. The largest absolute Gasteiger partial charge is 0.336 e. The van der Waals surface area contributed by atoms with Crippen molar-refractivity contribution in [3.63, 3.8) is 0 Å². The predicted molar refractivity (Wildman–Crippen MR) is 61.9 cm³/mol. The van der Waals surface area contributed by atoms with E-state index < -0.39 is 0 Å². The Labute approximate surface area is 92.4 Å². The van der Waals surface area contributed by atoms with Crippen molar-refractivity contribution in [3.05, 3.63) is 0 Å². The van der Waals surface area contributed by atoms with Crippen LogP contribution in [0.1, 0.15) is 33.6 Å². The third-order valence-corrected chi connectivity index (χ3v) is 2.76. The van der Waals surface area contributed by atoms with Crippen LogP contribution in [0.25, 0.3) is 0 Å². The first-order valence-corrected chi connectivity index (χ1v) is 5.93. The van der Waals surface area contributed by atoms with E-state index in [1.807, 2.05) is 25.7 Å². The molecule has 0 aliphatic carbocycles. The summed E-state index contributed by atoms with van der Waals surface area (Å²) in [6, 6.07) is 0.711. The fourth-order valence-corrected chi connectivity index (χ4v) is 2.02. The van der Waals surface area contributed by atoms with Crippen LogP contribution in [0.3, 0.4) is 0 Å². The molecule has 0 radical (unpaired) electrons. The van der Waals surface area contributed by atoms with Gasteiger partial charge in [-0.1, -0.05) is 0 Å². The van der Waals surface area contributed by atoms with Crippen molar-refractivity contribution in [2.24, 2.45) is 0 Å². The van der Waals surface area contributed by atoms with E-state index >= 15 is 0 Å². The highest BCUT2D eigenvalue weighted by atomic mass is 16.2. The number of carbonyl (C=O) groups is 1. The smallest absolute Gasteiger partial charge is 0.317 e. The summed E-state index contributed by atoms with van der Waals surface area (Å²) in [7, 11) is 0. The summed E-state index contributed by atoms with van der Waals surface area (Å²) >= 11 is 0. The quantitative estimate of drug-likeness (QED) is 0.739. The van der Waals surface area contributed by atoms with Gasteiger partial charge in [0.1, 0.15) is 0 Å². The molecule has 1 aliphatic rings. The Kier molecular flexibility index (Phi) is 4.88. The number of nitrogens with zero attached hydrogens (tertiary/aromatic N) is 1. The summed E-state index contributed by atoms with van der Waals surface area (Å²) in [6.07, 6.45) is 2.14. The maximum absolute atomic E-state index is 11.9. The van der Waals surface area contributed by atoms with Gasteiger partial charge >= 0.3 is 6.03 Å². The highest BCUT2D eigenvalue weighted by Gasteiger charge is 2.23. The molecular formula is C11H23N3O. The van der Waals surface area contributed by atoms with Crippen LogP contribution in [0.4, 0.5) is 4.79 Å². The van der Waals surface area contributed by atoms with Gasteiger partial charge in [0.25, 0.3) is 0 Å². The molecule has 2 N–H and O–H groups in total. The lowest BCUT2D eigenvalue weighted by Gasteiger charge is -2.34. The van der Waals surface area contributed by atoms with Crippen molar-refractivity contribution < 1.29 is 4.79 Å². The van der Waals surface area contributed by atoms with Crippen LogP contribution in [0, 0.1) is 0 Å². The standard InChI is InChI=1S/C11H23N3O/c1-4-14(11(15)13-9(2)3)10-5-7-12-8-6-10/h9-10,12H,4-8H2,1-3H3,(H,13,15). The molecule has 1 fully saturated rings. The minimum Gasteiger partial charge on any atom is -0.336 e. The van der Waals surface area contributed by atoms with E-state index in [0.29, 0.717) is 6.04 Å². The zero-order chi connectivity index (χ0) is 11.3. The highest BCUT2D eigenvalue weighted by Crippen LogP contribution is 2.11. The zero-order valence-electron chi connectivity index (χ0n) is 10.0. The predicted octanol–water partition coefficient (Wildman–Crippen LogP) is 1.18. The minimum absolute atomic E-state index is 0.0828. The van der Waals surface area contributed by atoms with Crippen LogP contribution in [0.5, 0.6) is 0 Å². The van der Waals surface area contributed by atoms with E-state index in [2.05, 4.69) is 10.6 Å². The summed E-state index contributed by atoms with van der Waals surface area (Å²) in [4.78, 5) is 13.8. The van der Waals surface area contributed by atoms with Crippen LogP contribution in [-0.2, 0) is 0 Å². The van der Waals surface area contributed by atoms with Gasteiger partial charge in [-0.2, -0.15) is 0 Å². The Hall–Kier alpha value is -0.770. The Morgan fingerprint density at radius 2 is 2.07 bits per heavy atom. The van der Waals surface area contributed by atoms with Gasteiger partial charge in [-0.15, -0.1) is 0 Å².